The summed E-state index contributed by atoms with van der Waals surface area (Å²) in [6.45, 7) is 2.80. The van der Waals surface area contributed by atoms with Gasteiger partial charge >= 0.3 is 0 Å². The summed E-state index contributed by atoms with van der Waals surface area (Å²) in [5.41, 5.74) is 1.56. The smallest absolute Gasteiger partial charge is 0.253 e. The van der Waals surface area contributed by atoms with E-state index in [1.165, 1.54) is 0 Å². The molecule has 2 rings (SSSR count). The third kappa shape index (κ3) is 3.70. The Bertz CT molecular complexity index is 426. The van der Waals surface area contributed by atoms with Crippen molar-refractivity contribution in [3.05, 3.63) is 29.8 Å². The van der Waals surface area contributed by atoms with Crippen molar-refractivity contribution in [3.63, 3.8) is 0 Å². The summed E-state index contributed by atoms with van der Waals surface area (Å²) in [6.07, 6.45) is 3.08. The number of amides is 1. The molecule has 1 amide bonds. The van der Waals surface area contributed by atoms with Gasteiger partial charge in [-0.25, -0.2) is 0 Å². The normalized spacial score (nSPS) is 22.8. The molecule has 1 aromatic rings. The number of para-hydroxylation sites is 1. The molecule has 1 aliphatic rings. The molecule has 1 saturated carbocycles. The highest BCUT2D eigenvalue weighted by Gasteiger charge is 2.21. The van der Waals surface area contributed by atoms with Crippen molar-refractivity contribution in [1.82, 2.24) is 5.32 Å². The predicted molar refractivity (Wildman–Crippen MR) is 76.3 cm³/mol. The minimum Gasteiger partial charge on any atom is -0.393 e. The van der Waals surface area contributed by atoms with Crippen LogP contribution in [0.25, 0.3) is 0 Å². The Hall–Kier alpha value is -1.55. The van der Waals surface area contributed by atoms with Crippen molar-refractivity contribution in [1.29, 1.82) is 0 Å². The first-order chi connectivity index (χ1) is 9.20. The Labute approximate surface area is 114 Å². The van der Waals surface area contributed by atoms with Crippen molar-refractivity contribution in [2.75, 3.05) is 11.9 Å². The number of rotatable bonds is 4. The molecule has 4 nitrogen and oxygen atoms in total. The molecule has 0 spiro atoms. The molecule has 1 aliphatic carbocycles. The van der Waals surface area contributed by atoms with Crippen molar-refractivity contribution in [2.24, 2.45) is 0 Å². The molecule has 3 N–H and O–H groups in total. The van der Waals surface area contributed by atoms with Crippen LogP contribution in [0.2, 0.25) is 0 Å². The number of benzene rings is 1. The van der Waals surface area contributed by atoms with Crippen LogP contribution < -0.4 is 10.6 Å². The minimum atomic E-state index is -0.192. The fourth-order valence-electron chi connectivity index (χ4n) is 2.51. The summed E-state index contributed by atoms with van der Waals surface area (Å²) in [7, 11) is 0. The van der Waals surface area contributed by atoms with Crippen LogP contribution in [-0.4, -0.2) is 29.7 Å². The van der Waals surface area contributed by atoms with Crippen LogP contribution in [0.3, 0.4) is 0 Å². The summed E-state index contributed by atoms with van der Waals surface area (Å²) in [5.74, 6) is -0.0297. The standard InChI is InChI=1S/C15H22N2O2/c1-2-16-14-6-4-3-5-13(14)15(19)17-11-7-9-12(18)10-8-11/h3-6,11-12,16,18H,2,7-10H2,1H3,(H,17,19). The first kappa shape index (κ1) is 13.9. The zero-order chi connectivity index (χ0) is 13.7. The highest BCUT2D eigenvalue weighted by atomic mass is 16.3. The van der Waals surface area contributed by atoms with Gasteiger partial charge in [0.25, 0.3) is 5.91 Å². The first-order valence-electron chi connectivity index (χ1n) is 7.02. The largest absolute Gasteiger partial charge is 0.393 e. The number of hydrogen-bond donors (Lipinski definition) is 3. The molecule has 4 heteroatoms. The number of aliphatic hydroxyl groups is 1. The molecular formula is C15H22N2O2. The Morgan fingerprint density at radius 1 is 1.26 bits per heavy atom. The topological polar surface area (TPSA) is 61.4 Å². The van der Waals surface area contributed by atoms with E-state index < -0.39 is 0 Å². The maximum atomic E-state index is 12.3. The van der Waals surface area contributed by atoms with E-state index in [4.69, 9.17) is 0 Å². The SMILES string of the molecule is CCNc1ccccc1C(=O)NC1CCC(O)CC1. The molecule has 0 bridgehead atoms. The van der Waals surface area contributed by atoms with Crippen molar-refractivity contribution in [3.8, 4) is 0 Å². The maximum Gasteiger partial charge on any atom is 0.253 e. The van der Waals surface area contributed by atoms with Gasteiger partial charge in [0.15, 0.2) is 0 Å². The molecule has 1 fully saturated rings. The molecule has 0 saturated heterocycles. The van der Waals surface area contributed by atoms with Crippen LogP contribution >= 0.6 is 0 Å². The molecular weight excluding hydrogens is 240 g/mol. The van der Waals surface area contributed by atoms with Gasteiger partial charge in [0, 0.05) is 18.3 Å². The molecule has 1 aromatic carbocycles. The molecule has 0 unspecified atom stereocenters. The van der Waals surface area contributed by atoms with Gasteiger partial charge in [0.05, 0.1) is 11.7 Å². The van der Waals surface area contributed by atoms with Crippen molar-refractivity contribution in [2.45, 2.75) is 44.8 Å². The van der Waals surface area contributed by atoms with E-state index >= 15 is 0 Å². The van der Waals surface area contributed by atoms with Crippen molar-refractivity contribution < 1.29 is 9.90 Å². The average molecular weight is 262 g/mol. The fraction of sp³-hybridized carbons (Fsp3) is 0.533. The van der Waals surface area contributed by atoms with Crippen molar-refractivity contribution >= 4 is 11.6 Å². The van der Waals surface area contributed by atoms with Gasteiger partial charge < -0.3 is 15.7 Å². The fourth-order valence-corrected chi connectivity index (χ4v) is 2.51. The molecule has 0 atom stereocenters. The van der Waals surface area contributed by atoms with E-state index in [1.54, 1.807) is 0 Å². The number of carbonyl (C=O) groups is 1. The lowest BCUT2D eigenvalue weighted by atomic mass is 9.93. The Kier molecular flexibility index (Phi) is 4.80. The van der Waals surface area contributed by atoms with Crippen LogP contribution in [0.5, 0.6) is 0 Å². The highest BCUT2D eigenvalue weighted by molar-refractivity contribution is 5.99. The lowest BCUT2D eigenvalue weighted by Gasteiger charge is -2.26. The second-order valence-electron chi connectivity index (χ2n) is 5.05. The van der Waals surface area contributed by atoms with Crippen LogP contribution in [-0.2, 0) is 0 Å². The lowest BCUT2D eigenvalue weighted by Crippen LogP contribution is -2.38. The zero-order valence-electron chi connectivity index (χ0n) is 11.4. The van der Waals surface area contributed by atoms with Gasteiger partial charge in [0.1, 0.15) is 0 Å². The summed E-state index contributed by atoms with van der Waals surface area (Å²) in [4.78, 5) is 12.3. The van der Waals surface area contributed by atoms with E-state index in [0.717, 1.165) is 37.9 Å². The summed E-state index contributed by atoms with van der Waals surface area (Å²) >= 11 is 0. The number of carbonyl (C=O) groups excluding carboxylic acids is 1. The Morgan fingerprint density at radius 2 is 1.95 bits per heavy atom. The number of hydrogen-bond acceptors (Lipinski definition) is 3. The third-order valence-corrected chi connectivity index (χ3v) is 3.57. The van der Waals surface area contributed by atoms with Crippen LogP contribution in [0.1, 0.15) is 43.0 Å². The third-order valence-electron chi connectivity index (χ3n) is 3.57. The summed E-state index contributed by atoms with van der Waals surface area (Å²) in [5, 5.41) is 15.7. The molecule has 0 heterocycles. The Balaban J connectivity index is 1.99. The average Bonchev–Trinajstić information content (AvgIpc) is 2.42. The summed E-state index contributed by atoms with van der Waals surface area (Å²) in [6, 6.07) is 7.74. The van der Waals surface area contributed by atoms with Gasteiger partial charge in [-0.2, -0.15) is 0 Å². The van der Waals surface area contributed by atoms with Gasteiger partial charge in [-0.3, -0.25) is 4.79 Å². The number of nitrogens with one attached hydrogen (secondary N) is 2. The number of anilines is 1. The predicted octanol–water partition coefficient (Wildman–Crippen LogP) is 2.15. The molecule has 104 valence electrons. The highest BCUT2D eigenvalue weighted by Crippen LogP contribution is 2.20. The molecule has 0 aliphatic heterocycles. The van der Waals surface area contributed by atoms with E-state index in [0.29, 0.717) is 5.56 Å². The first-order valence-corrected chi connectivity index (χ1v) is 7.02. The Morgan fingerprint density at radius 3 is 2.63 bits per heavy atom. The summed E-state index contributed by atoms with van der Waals surface area (Å²) < 4.78 is 0. The lowest BCUT2D eigenvalue weighted by molar-refractivity contribution is 0.0868. The molecule has 19 heavy (non-hydrogen) atoms. The van der Waals surface area contributed by atoms with E-state index in [1.807, 2.05) is 31.2 Å². The van der Waals surface area contributed by atoms with E-state index in [2.05, 4.69) is 10.6 Å². The van der Waals surface area contributed by atoms with Crippen LogP contribution in [0.15, 0.2) is 24.3 Å². The molecule has 0 aromatic heterocycles. The van der Waals surface area contributed by atoms with Gasteiger partial charge in [-0.15, -0.1) is 0 Å². The van der Waals surface area contributed by atoms with Crippen LogP contribution in [0, 0.1) is 0 Å². The second-order valence-corrected chi connectivity index (χ2v) is 5.05. The second kappa shape index (κ2) is 6.57. The minimum absolute atomic E-state index is 0.0297. The van der Waals surface area contributed by atoms with Gasteiger partial charge in [-0.05, 0) is 44.7 Å². The number of aliphatic hydroxyl groups excluding tert-OH is 1. The quantitative estimate of drug-likeness (QED) is 0.779. The molecule has 0 radical (unpaired) electrons. The van der Waals surface area contributed by atoms with E-state index in [9.17, 15) is 9.90 Å². The van der Waals surface area contributed by atoms with Gasteiger partial charge in [-0.1, -0.05) is 12.1 Å². The van der Waals surface area contributed by atoms with Gasteiger partial charge in [0.2, 0.25) is 0 Å². The maximum absolute atomic E-state index is 12.3. The van der Waals surface area contributed by atoms with E-state index in [-0.39, 0.29) is 18.1 Å². The monoisotopic (exact) mass is 262 g/mol. The van der Waals surface area contributed by atoms with Crippen LogP contribution in [0.4, 0.5) is 5.69 Å². The zero-order valence-corrected chi connectivity index (χ0v) is 11.4.